The lowest BCUT2D eigenvalue weighted by atomic mass is 10.2. The topological polar surface area (TPSA) is 207 Å². The first-order valence-electron chi connectivity index (χ1n) is 12.4. The number of aromatic nitrogens is 4. The summed E-state index contributed by atoms with van der Waals surface area (Å²) in [7, 11) is -1.47. The molecule has 0 atom stereocenters. The monoisotopic (exact) mass is 633 g/mol. The molecule has 0 aliphatic rings. The number of carbonyl (C=O) groups excluding carboxylic acids is 2. The van der Waals surface area contributed by atoms with Crippen LogP contribution in [0.1, 0.15) is 32.1 Å². The fraction of sp³-hybridized carbons (Fsp3) is 0.231. The number of methoxy groups -OCH3 is 2. The van der Waals surface area contributed by atoms with Crippen LogP contribution in [0.25, 0.3) is 0 Å². The molecule has 0 bridgehead atoms. The van der Waals surface area contributed by atoms with Gasteiger partial charge in [0.2, 0.25) is 20.0 Å². The van der Waals surface area contributed by atoms with Crippen LogP contribution in [0.5, 0.6) is 0 Å². The van der Waals surface area contributed by atoms with Crippen LogP contribution in [0.15, 0.2) is 76.8 Å². The van der Waals surface area contributed by atoms with Crippen molar-refractivity contribution >= 4 is 37.7 Å². The Balaban J connectivity index is 0.000000236. The zero-order valence-corrected chi connectivity index (χ0v) is 25.3. The van der Waals surface area contributed by atoms with Crippen molar-refractivity contribution in [1.82, 2.24) is 29.0 Å². The maximum atomic E-state index is 12.2. The Hall–Kier alpha value is -4.58. The number of hydrogen-bond donors (Lipinski definition) is 3. The van der Waals surface area contributed by atoms with Gasteiger partial charge in [0.05, 0.1) is 60.4 Å². The summed E-state index contributed by atoms with van der Waals surface area (Å²) in [5.41, 5.74) is 7.37. The number of benzene rings is 2. The van der Waals surface area contributed by atoms with E-state index in [4.69, 9.17) is 5.73 Å². The van der Waals surface area contributed by atoms with E-state index in [0.717, 1.165) is 0 Å². The number of nitrogen functional groups attached to an aromatic ring is 1. The van der Waals surface area contributed by atoms with E-state index in [2.05, 4.69) is 29.1 Å². The van der Waals surface area contributed by atoms with Crippen LogP contribution in [-0.4, -0.2) is 62.6 Å². The minimum atomic E-state index is -3.81. The first-order chi connectivity index (χ1) is 20.3. The van der Waals surface area contributed by atoms with E-state index in [1.165, 1.54) is 56.7 Å². The molecule has 0 radical (unpaired) electrons. The second-order valence-corrected chi connectivity index (χ2v) is 12.4. The lowest BCUT2D eigenvalue weighted by Gasteiger charge is -2.09. The van der Waals surface area contributed by atoms with Gasteiger partial charge < -0.3 is 15.2 Å². The molecule has 0 amide bonds. The fourth-order valence-corrected chi connectivity index (χ4v) is 5.65. The predicted octanol–water partition coefficient (Wildman–Crippen LogP) is 0.953. The van der Waals surface area contributed by atoms with Gasteiger partial charge in [-0.1, -0.05) is 0 Å². The Labute approximate surface area is 248 Å². The molecule has 4 rings (SSSR count). The number of hydrogen-bond acceptors (Lipinski definition) is 11. The normalized spacial score (nSPS) is 11.3. The summed E-state index contributed by atoms with van der Waals surface area (Å²) >= 11 is 0. The summed E-state index contributed by atoms with van der Waals surface area (Å²) in [6, 6.07) is 12.8. The lowest BCUT2D eigenvalue weighted by molar-refractivity contribution is 0.0592. The maximum Gasteiger partial charge on any atom is 0.337 e. The third-order valence-electron chi connectivity index (χ3n) is 5.73. The molecule has 2 aromatic carbocycles. The van der Waals surface area contributed by atoms with Gasteiger partial charge >= 0.3 is 11.9 Å². The highest BCUT2D eigenvalue weighted by atomic mass is 32.2. The molecule has 0 unspecified atom stereocenters. The smallest absolute Gasteiger partial charge is 0.337 e. The molecule has 4 aromatic rings. The number of carbonyl (C=O) groups is 2. The molecule has 0 saturated heterocycles. The molecule has 230 valence electrons. The molecule has 2 heterocycles. The number of aryl methyl sites for hydroxylation is 2. The second kappa shape index (κ2) is 14.1. The Morgan fingerprint density at radius 2 is 1.21 bits per heavy atom. The van der Waals surface area contributed by atoms with Gasteiger partial charge in [0, 0.05) is 26.5 Å². The van der Waals surface area contributed by atoms with Gasteiger partial charge in [-0.3, -0.25) is 9.36 Å². The Morgan fingerprint density at radius 1 is 0.744 bits per heavy atom. The number of esters is 2. The van der Waals surface area contributed by atoms with Gasteiger partial charge in [0.15, 0.2) is 0 Å². The van der Waals surface area contributed by atoms with Gasteiger partial charge in [-0.25, -0.2) is 35.9 Å². The number of rotatable bonds is 10. The van der Waals surface area contributed by atoms with Crippen LogP contribution in [0, 0.1) is 0 Å². The quantitative estimate of drug-likeness (QED) is 0.166. The van der Waals surface area contributed by atoms with Gasteiger partial charge in [0.1, 0.15) is 4.90 Å². The Bertz CT molecular complexity index is 1800. The minimum absolute atomic E-state index is 0.0311. The van der Waals surface area contributed by atoms with Crippen LogP contribution in [0.4, 0.5) is 5.69 Å². The van der Waals surface area contributed by atoms with E-state index in [1.807, 2.05) is 0 Å². The molecule has 0 saturated carbocycles. The first-order valence-corrected chi connectivity index (χ1v) is 15.3. The van der Waals surface area contributed by atoms with E-state index in [9.17, 15) is 26.4 Å². The summed E-state index contributed by atoms with van der Waals surface area (Å²) < 4.78 is 65.8. The van der Waals surface area contributed by atoms with Crippen molar-refractivity contribution in [3.05, 3.63) is 89.5 Å². The van der Waals surface area contributed by atoms with Crippen molar-refractivity contribution in [2.45, 2.75) is 22.9 Å². The van der Waals surface area contributed by atoms with E-state index >= 15 is 0 Å². The third-order valence-corrected chi connectivity index (χ3v) is 8.62. The molecule has 43 heavy (non-hydrogen) atoms. The summed E-state index contributed by atoms with van der Waals surface area (Å²) in [4.78, 5) is 22.7. The van der Waals surface area contributed by atoms with Gasteiger partial charge in [0.25, 0.3) is 0 Å². The number of nitrogens with one attached hydrogen (secondary N) is 2. The lowest BCUT2D eigenvalue weighted by Crippen LogP contribution is -2.24. The SMILES string of the molecule is COC(=O)c1ccc(S(=O)(=O)NCc2ccn(C)n2)c(N)c1.COC(=O)c1ccc(S(=O)(=O)NCc2ccn(C)n2)cc1. The molecule has 0 spiro atoms. The molecule has 17 heteroatoms. The molecule has 4 N–H and O–H groups in total. The number of ether oxygens (including phenoxy) is 2. The van der Waals surface area contributed by atoms with Crippen molar-refractivity contribution in [3.63, 3.8) is 0 Å². The molecule has 0 aliphatic carbocycles. The minimum Gasteiger partial charge on any atom is -0.465 e. The number of sulfonamides is 2. The Kier molecular flexibility index (Phi) is 10.8. The highest BCUT2D eigenvalue weighted by Crippen LogP contribution is 2.20. The van der Waals surface area contributed by atoms with Crippen LogP contribution < -0.4 is 15.2 Å². The molecule has 2 aromatic heterocycles. The maximum absolute atomic E-state index is 12.2. The van der Waals surface area contributed by atoms with Crippen molar-refractivity contribution in [3.8, 4) is 0 Å². The molecular formula is C26H31N7O8S2. The molecule has 15 nitrogen and oxygen atoms in total. The predicted molar refractivity (Wildman–Crippen MR) is 154 cm³/mol. The third kappa shape index (κ3) is 8.95. The fourth-order valence-electron chi connectivity index (χ4n) is 3.54. The zero-order chi connectivity index (χ0) is 31.8. The van der Waals surface area contributed by atoms with Crippen LogP contribution in [-0.2, 0) is 56.7 Å². The average molecular weight is 634 g/mol. The van der Waals surface area contributed by atoms with Gasteiger partial charge in [-0.05, 0) is 54.6 Å². The second-order valence-electron chi connectivity index (χ2n) is 8.87. The van der Waals surface area contributed by atoms with Crippen LogP contribution in [0.2, 0.25) is 0 Å². The van der Waals surface area contributed by atoms with Crippen molar-refractivity contribution in [1.29, 1.82) is 0 Å². The largest absolute Gasteiger partial charge is 0.465 e. The molecule has 0 aliphatic heterocycles. The number of nitrogens with two attached hydrogens (primary N) is 1. The average Bonchev–Trinajstić information content (AvgIpc) is 3.61. The zero-order valence-electron chi connectivity index (χ0n) is 23.7. The summed E-state index contributed by atoms with van der Waals surface area (Å²) in [5.74, 6) is -1.10. The standard InChI is InChI=1S/C13H16N4O4S.C13H15N3O4S/c1-17-6-5-10(16-17)8-15-22(19,20)12-4-3-9(7-11(12)14)13(18)21-2;1-16-8-7-11(15-16)9-14-21(18,19)12-5-3-10(4-6-12)13(17)20-2/h3-7,15H,8,14H2,1-2H3;3-8,14H,9H2,1-2H3. The van der Waals surface area contributed by atoms with Gasteiger partial charge in [-0.15, -0.1) is 0 Å². The van der Waals surface area contributed by atoms with Crippen LogP contribution >= 0.6 is 0 Å². The summed E-state index contributed by atoms with van der Waals surface area (Å²) in [6.07, 6.45) is 3.44. The van der Waals surface area contributed by atoms with E-state index < -0.39 is 32.0 Å². The van der Waals surface area contributed by atoms with Crippen molar-refractivity contribution in [2.24, 2.45) is 14.1 Å². The van der Waals surface area contributed by atoms with E-state index in [-0.39, 0.29) is 34.1 Å². The van der Waals surface area contributed by atoms with Gasteiger partial charge in [-0.2, -0.15) is 10.2 Å². The first kappa shape index (κ1) is 32.9. The van der Waals surface area contributed by atoms with Crippen molar-refractivity contribution < 1.29 is 35.9 Å². The number of anilines is 1. The highest BCUT2D eigenvalue weighted by molar-refractivity contribution is 7.89. The van der Waals surface area contributed by atoms with Crippen molar-refractivity contribution in [2.75, 3.05) is 20.0 Å². The molecule has 0 fully saturated rings. The van der Waals surface area contributed by atoms with E-state index in [1.54, 1.807) is 48.0 Å². The van der Waals surface area contributed by atoms with E-state index in [0.29, 0.717) is 17.0 Å². The summed E-state index contributed by atoms with van der Waals surface area (Å²) in [6.45, 7) is 0.142. The Morgan fingerprint density at radius 3 is 1.65 bits per heavy atom. The number of nitrogens with zero attached hydrogens (tertiary/aromatic N) is 4. The van der Waals surface area contributed by atoms with Crippen LogP contribution in [0.3, 0.4) is 0 Å². The molecular weight excluding hydrogens is 602 g/mol. The highest BCUT2D eigenvalue weighted by Gasteiger charge is 2.19. The summed E-state index contributed by atoms with van der Waals surface area (Å²) in [5, 5.41) is 8.16.